The quantitative estimate of drug-likeness (QED) is 0.426. The number of carbonyl (C=O) groups excluding carboxylic acids is 1. The SMILES string of the molecule is O=C(OCc1ccccc1Cl)c1ccc(/C=C/c2ccccc2)cc1. The lowest BCUT2D eigenvalue weighted by molar-refractivity contribution is 0.0473. The molecule has 0 fully saturated rings. The van der Waals surface area contributed by atoms with Gasteiger partial charge in [0.05, 0.1) is 5.56 Å². The van der Waals surface area contributed by atoms with E-state index in [0.29, 0.717) is 10.6 Å². The fourth-order valence-electron chi connectivity index (χ4n) is 2.33. The van der Waals surface area contributed by atoms with Gasteiger partial charge in [-0.1, -0.05) is 84.4 Å². The summed E-state index contributed by atoms with van der Waals surface area (Å²) in [5.74, 6) is -0.362. The van der Waals surface area contributed by atoms with Crippen LogP contribution in [0.25, 0.3) is 12.2 Å². The summed E-state index contributed by atoms with van der Waals surface area (Å²) in [6.07, 6.45) is 4.04. The van der Waals surface area contributed by atoms with Crippen molar-refractivity contribution < 1.29 is 9.53 Å². The third-order valence-corrected chi connectivity index (χ3v) is 4.10. The van der Waals surface area contributed by atoms with Crippen LogP contribution in [0, 0.1) is 0 Å². The maximum Gasteiger partial charge on any atom is 0.338 e. The van der Waals surface area contributed by atoms with Gasteiger partial charge in [-0.2, -0.15) is 0 Å². The lowest BCUT2D eigenvalue weighted by atomic mass is 10.1. The van der Waals surface area contributed by atoms with E-state index >= 15 is 0 Å². The Morgan fingerprint density at radius 1 is 0.800 bits per heavy atom. The zero-order chi connectivity index (χ0) is 17.5. The van der Waals surface area contributed by atoms with Crippen LogP contribution in [-0.4, -0.2) is 5.97 Å². The zero-order valence-electron chi connectivity index (χ0n) is 13.6. The molecule has 3 heteroatoms. The molecule has 124 valence electrons. The Hall–Kier alpha value is -2.84. The van der Waals surface area contributed by atoms with Crippen LogP contribution in [0.3, 0.4) is 0 Å². The Kier molecular flexibility index (Phi) is 5.65. The van der Waals surface area contributed by atoms with Crippen molar-refractivity contribution in [1.29, 1.82) is 0 Å². The summed E-state index contributed by atoms with van der Waals surface area (Å²) >= 11 is 6.06. The lowest BCUT2D eigenvalue weighted by Crippen LogP contribution is -2.05. The molecular weight excluding hydrogens is 332 g/mol. The molecule has 3 rings (SSSR count). The zero-order valence-corrected chi connectivity index (χ0v) is 14.3. The van der Waals surface area contributed by atoms with Gasteiger partial charge in [-0.3, -0.25) is 0 Å². The molecule has 0 amide bonds. The number of carbonyl (C=O) groups is 1. The molecule has 0 spiro atoms. The van der Waals surface area contributed by atoms with E-state index in [9.17, 15) is 4.79 Å². The maximum absolute atomic E-state index is 12.1. The summed E-state index contributed by atoms with van der Waals surface area (Å²) in [7, 11) is 0. The molecule has 0 atom stereocenters. The molecule has 0 aliphatic rings. The van der Waals surface area contributed by atoms with Gasteiger partial charge in [-0.15, -0.1) is 0 Å². The van der Waals surface area contributed by atoms with Crippen molar-refractivity contribution in [2.75, 3.05) is 0 Å². The van der Waals surface area contributed by atoms with Crippen molar-refractivity contribution >= 4 is 29.7 Å². The van der Waals surface area contributed by atoms with Gasteiger partial charge >= 0.3 is 5.97 Å². The molecule has 0 aliphatic heterocycles. The number of hydrogen-bond acceptors (Lipinski definition) is 2. The highest BCUT2D eigenvalue weighted by Gasteiger charge is 2.08. The Morgan fingerprint density at radius 3 is 2.08 bits per heavy atom. The number of benzene rings is 3. The second-order valence-corrected chi connectivity index (χ2v) is 5.94. The van der Waals surface area contributed by atoms with Crippen molar-refractivity contribution in [1.82, 2.24) is 0 Å². The molecule has 0 saturated heterocycles. The van der Waals surface area contributed by atoms with Crippen molar-refractivity contribution in [2.45, 2.75) is 6.61 Å². The van der Waals surface area contributed by atoms with Crippen LogP contribution in [-0.2, 0) is 11.3 Å². The Balaban J connectivity index is 1.61. The van der Waals surface area contributed by atoms with E-state index in [1.807, 2.05) is 72.8 Å². The average molecular weight is 349 g/mol. The summed E-state index contributed by atoms with van der Waals surface area (Å²) in [5, 5.41) is 0.594. The van der Waals surface area contributed by atoms with Crippen LogP contribution in [0.15, 0.2) is 78.9 Å². The summed E-state index contributed by atoms with van der Waals surface area (Å²) in [5.41, 5.74) is 3.46. The van der Waals surface area contributed by atoms with Gasteiger partial charge < -0.3 is 4.74 Å². The Bertz CT molecular complexity index is 868. The molecule has 0 heterocycles. The highest BCUT2D eigenvalue weighted by molar-refractivity contribution is 6.31. The van der Waals surface area contributed by atoms with Gasteiger partial charge in [0.2, 0.25) is 0 Å². The van der Waals surface area contributed by atoms with Gasteiger partial charge in [0.15, 0.2) is 0 Å². The molecule has 2 nitrogen and oxygen atoms in total. The third kappa shape index (κ3) is 4.82. The molecule has 0 saturated carbocycles. The summed E-state index contributed by atoms with van der Waals surface area (Å²) in [6.45, 7) is 0.161. The van der Waals surface area contributed by atoms with E-state index in [0.717, 1.165) is 16.7 Å². The number of esters is 1. The molecular formula is C22H17ClO2. The summed E-state index contributed by atoms with van der Waals surface area (Å²) in [6, 6.07) is 24.7. The van der Waals surface area contributed by atoms with Gasteiger partial charge in [0, 0.05) is 10.6 Å². The van der Waals surface area contributed by atoms with Crippen molar-refractivity contribution in [2.24, 2.45) is 0 Å². The lowest BCUT2D eigenvalue weighted by Gasteiger charge is -2.06. The number of ether oxygens (including phenoxy) is 1. The Labute approximate surface area is 152 Å². The minimum absolute atomic E-state index is 0.161. The molecule has 0 unspecified atom stereocenters. The Morgan fingerprint density at radius 2 is 1.40 bits per heavy atom. The van der Waals surface area contributed by atoms with Gasteiger partial charge in [-0.05, 0) is 29.3 Å². The average Bonchev–Trinajstić information content (AvgIpc) is 2.67. The molecule has 0 aromatic heterocycles. The second kappa shape index (κ2) is 8.32. The van der Waals surface area contributed by atoms with Crippen LogP contribution in [0.5, 0.6) is 0 Å². The highest BCUT2D eigenvalue weighted by atomic mass is 35.5. The number of halogens is 1. The molecule has 0 radical (unpaired) electrons. The van der Waals surface area contributed by atoms with Crippen molar-refractivity contribution in [3.8, 4) is 0 Å². The number of rotatable bonds is 5. The second-order valence-electron chi connectivity index (χ2n) is 5.53. The summed E-state index contributed by atoms with van der Waals surface area (Å²) < 4.78 is 5.32. The third-order valence-electron chi connectivity index (χ3n) is 3.73. The molecule has 0 bridgehead atoms. The van der Waals surface area contributed by atoms with Gasteiger partial charge in [0.25, 0.3) is 0 Å². The van der Waals surface area contributed by atoms with Crippen LogP contribution in [0.1, 0.15) is 27.0 Å². The minimum atomic E-state index is -0.362. The number of hydrogen-bond donors (Lipinski definition) is 0. The standard InChI is InChI=1S/C22H17ClO2/c23-21-9-5-4-8-20(21)16-25-22(24)19-14-12-18(13-15-19)11-10-17-6-2-1-3-7-17/h1-15H,16H2/b11-10+. The normalized spacial score (nSPS) is 10.8. The van der Waals surface area contributed by atoms with Gasteiger partial charge in [-0.25, -0.2) is 4.79 Å². The van der Waals surface area contributed by atoms with Crippen LogP contribution < -0.4 is 0 Å². The van der Waals surface area contributed by atoms with Crippen molar-refractivity contribution in [3.63, 3.8) is 0 Å². The summed E-state index contributed by atoms with van der Waals surface area (Å²) in [4.78, 5) is 12.1. The van der Waals surface area contributed by atoms with Crippen LogP contribution in [0.2, 0.25) is 5.02 Å². The van der Waals surface area contributed by atoms with E-state index in [2.05, 4.69) is 0 Å². The first-order valence-electron chi connectivity index (χ1n) is 7.96. The maximum atomic E-state index is 12.1. The van der Waals surface area contributed by atoms with E-state index in [-0.39, 0.29) is 12.6 Å². The fourth-order valence-corrected chi connectivity index (χ4v) is 2.52. The van der Waals surface area contributed by atoms with Crippen LogP contribution in [0.4, 0.5) is 0 Å². The predicted molar refractivity (Wildman–Crippen MR) is 102 cm³/mol. The first kappa shape index (κ1) is 17.0. The molecule has 3 aromatic rings. The predicted octanol–water partition coefficient (Wildman–Crippen LogP) is 5.87. The van der Waals surface area contributed by atoms with Gasteiger partial charge in [0.1, 0.15) is 6.61 Å². The molecule has 25 heavy (non-hydrogen) atoms. The molecule has 0 N–H and O–H groups in total. The fraction of sp³-hybridized carbons (Fsp3) is 0.0455. The van der Waals surface area contributed by atoms with E-state index < -0.39 is 0 Å². The molecule has 3 aromatic carbocycles. The topological polar surface area (TPSA) is 26.3 Å². The first-order valence-corrected chi connectivity index (χ1v) is 8.34. The van der Waals surface area contributed by atoms with E-state index in [1.54, 1.807) is 18.2 Å². The highest BCUT2D eigenvalue weighted by Crippen LogP contribution is 2.17. The van der Waals surface area contributed by atoms with Crippen molar-refractivity contribution in [3.05, 3.63) is 106 Å². The minimum Gasteiger partial charge on any atom is -0.457 e. The van der Waals surface area contributed by atoms with E-state index in [4.69, 9.17) is 16.3 Å². The first-order chi connectivity index (χ1) is 12.2. The van der Waals surface area contributed by atoms with Crippen LogP contribution >= 0.6 is 11.6 Å². The largest absolute Gasteiger partial charge is 0.457 e. The monoisotopic (exact) mass is 348 g/mol. The van der Waals surface area contributed by atoms with E-state index in [1.165, 1.54) is 0 Å². The molecule has 0 aliphatic carbocycles. The smallest absolute Gasteiger partial charge is 0.338 e.